The van der Waals surface area contributed by atoms with E-state index in [-0.39, 0.29) is 43.8 Å². The number of hydrogen-bond acceptors (Lipinski definition) is 5. The zero-order chi connectivity index (χ0) is 22.7. The maximum absolute atomic E-state index is 13.1. The normalized spacial score (nSPS) is 16.7. The molecule has 0 amide bonds. The number of sulfone groups is 1. The van der Waals surface area contributed by atoms with E-state index in [0.717, 1.165) is 0 Å². The monoisotopic (exact) mass is 457 g/mol. The molecule has 2 heterocycles. The van der Waals surface area contributed by atoms with Crippen LogP contribution in [-0.2, 0) is 25.8 Å². The molecule has 0 spiro atoms. The lowest BCUT2D eigenvalue weighted by Gasteiger charge is -2.32. The number of alkyl halides is 3. The van der Waals surface area contributed by atoms with Crippen molar-refractivity contribution in [2.24, 2.45) is 0 Å². The van der Waals surface area contributed by atoms with Crippen molar-refractivity contribution in [3.05, 3.63) is 48.2 Å². The fourth-order valence-electron chi connectivity index (χ4n) is 3.57. The maximum atomic E-state index is 13.1. The van der Waals surface area contributed by atoms with Gasteiger partial charge in [-0.3, -0.25) is 9.78 Å². The van der Waals surface area contributed by atoms with Crippen LogP contribution in [0.4, 0.5) is 13.2 Å². The van der Waals surface area contributed by atoms with E-state index in [9.17, 15) is 31.5 Å². The van der Waals surface area contributed by atoms with Gasteiger partial charge in [0, 0.05) is 44.2 Å². The number of halogens is 3. The lowest BCUT2D eigenvalue weighted by atomic mass is 9.99. The van der Waals surface area contributed by atoms with E-state index in [1.807, 2.05) is 0 Å². The number of benzene rings is 1. The topological polar surface area (TPSA) is 93.6 Å². The van der Waals surface area contributed by atoms with E-state index in [0.29, 0.717) is 16.8 Å². The van der Waals surface area contributed by atoms with Crippen LogP contribution >= 0.6 is 0 Å². The number of aromatic nitrogens is 1. The SMILES string of the molecule is O=C(O)C1(S(=O)(=O)c2ccc(-c3ccc(CCCC(F)(F)F)cn3)cc2)CCOCC1. The standard InChI is InChI=1S/C21H22F3NO5S/c22-21(23,24)9-1-2-15-3-8-18(25-14-15)16-4-6-17(7-5-16)31(28,29)20(19(26)27)10-12-30-13-11-20/h3-8,14H,1-2,9-13H2,(H,26,27). The second-order valence-corrected chi connectivity index (χ2v) is 9.72. The Bertz CT molecular complexity index is 1010. The molecule has 0 radical (unpaired) electrons. The number of pyridine rings is 1. The smallest absolute Gasteiger partial charge is 0.389 e. The lowest BCUT2D eigenvalue weighted by Crippen LogP contribution is -2.50. The van der Waals surface area contributed by atoms with Gasteiger partial charge in [0.15, 0.2) is 14.6 Å². The number of hydrogen-bond donors (Lipinski definition) is 1. The molecule has 0 unspecified atom stereocenters. The van der Waals surface area contributed by atoms with E-state index in [1.54, 1.807) is 12.1 Å². The van der Waals surface area contributed by atoms with Crippen LogP contribution in [0.1, 0.15) is 31.2 Å². The van der Waals surface area contributed by atoms with Crippen molar-refractivity contribution in [1.29, 1.82) is 0 Å². The van der Waals surface area contributed by atoms with Gasteiger partial charge in [-0.25, -0.2) is 8.42 Å². The molecule has 0 aliphatic carbocycles. The first-order valence-corrected chi connectivity index (χ1v) is 11.2. The van der Waals surface area contributed by atoms with Gasteiger partial charge in [-0.05, 0) is 36.6 Å². The number of aryl methyl sites for hydroxylation is 1. The molecule has 10 heteroatoms. The molecule has 1 aromatic carbocycles. The van der Waals surface area contributed by atoms with E-state index < -0.39 is 33.2 Å². The molecule has 6 nitrogen and oxygen atoms in total. The second kappa shape index (κ2) is 8.96. The lowest BCUT2D eigenvalue weighted by molar-refractivity contribution is -0.142. The van der Waals surface area contributed by atoms with E-state index >= 15 is 0 Å². The van der Waals surface area contributed by atoms with Crippen molar-refractivity contribution in [3.8, 4) is 11.3 Å². The molecule has 1 aromatic heterocycles. The summed E-state index contributed by atoms with van der Waals surface area (Å²) in [6, 6.07) is 9.11. The summed E-state index contributed by atoms with van der Waals surface area (Å²) in [5, 5.41) is 9.64. The van der Waals surface area contributed by atoms with Gasteiger partial charge in [-0.1, -0.05) is 18.2 Å². The number of carboxylic acid groups (broad SMARTS) is 1. The third-order valence-electron chi connectivity index (χ3n) is 5.42. The highest BCUT2D eigenvalue weighted by Crippen LogP contribution is 2.36. The summed E-state index contributed by atoms with van der Waals surface area (Å²) >= 11 is 0. The van der Waals surface area contributed by atoms with Gasteiger partial charge in [-0.15, -0.1) is 0 Å². The number of aliphatic carboxylic acids is 1. The van der Waals surface area contributed by atoms with Crippen LogP contribution in [0.15, 0.2) is 47.5 Å². The first kappa shape index (κ1) is 23.2. The molecule has 3 rings (SSSR count). The average molecular weight is 457 g/mol. The molecule has 1 aliphatic rings. The van der Waals surface area contributed by atoms with Crippen LogP contribution < -0.4 is 0 Å². The Balaban J connectivity index is 1.76. The minimum atomic E-state index is -4.18. The van der Waals surface area contributed by atoms with Crippen LogP contribution in [0, 0.1) is 0 Å². The number of carbonyl (C=O) groups is 1. The summed E-state index contributed by atoms with van der Waals surface area (Å²) in [5.74, 6) is -1.39. The minimum absolute atomic E-state index is 0.0204. The summed E-state index contributed by atoms with van der Waals surface area (Å²) in [4.78, 5) is 16.0. The Hall–Kier alpha value is -2.46. The Morgan fingerprint density at radius 1 is 1.10 bits per heavy atom. The third kappa shape index (κ3) is 5.07. The van der Waals surface area contributed by atoms with E-state index in [1.165, 1.54) is 30.5 Å². The molecule has 1 aliphatic heterocycles. The summed E-state index contributed by atoms with van der Waals surface area (Å²) < 4.78 is 66.1. The van der Waals surface area contributed by atoms with Gasteiger partial charge in [0.05, 0.1) is 10.6 Å². The van der Waals surface area contributed by atoms with Crippen LogP contribution in [0.3, 0.4) is 0 Å². The van der Waals surface area contributed by atoms with E-state index in [2.05, 4.69) is 4.98 Å². The molecular formula is C21H22F3NO5S. The number of carboxylic acids is 1. The Labute approximate surface area is 178 Å². The fourth-order valence-corrected chi connectivity index (χ4v) is 5.44. The highest BCUT2D eigenvalue weighted by atomic mass is 32.2. The summed E-state index contributed by atoms with van der Waals surface area (Å²) in [6.07, 6.45) is -3.54. The Morgan fingerprint density at radius 2 is 1.74 bits per heavy atom. The van der Waals surface area contributed by atoms with Gasteiger partial charge in [0.1, 0.15) is 0 Å². The first-order valence-electron chi connectivity index (χ1n) is 9.73. The van der Waals surface area contributed by atoms with Gasteiger partial charge >= 0.3 is 12.1 Å². The van der Waals surface area contributed by atoms with Gasteiger partial charge in [0.2, 0.25) is 0 Å². The van der Waals surface area contributed by atoms with Crippen LogP contribution in [0.25, 0.3) is 11.3 Å². The summed E-state index contributed by atoms with van der Waals surface area (Å²) in [7, 11) is -4.14. The molecule has 1 saturated heterocycles. The molecule has 1 N–H and O–H groups in total. The zero-order valence-corrected chi connectivity index (χ0v) is 17.4. The quantitative estimate of drug-likeness (QED) is 0.675. The molecule has 1 fully saturated rings. The molecule has 31 heavy (non-hydrogen) atoms. The van der Waals surface area contributed by atoms with Crippen molar-refractivity contribution in [2.45, 2.75) is 47.9 Å². The maximum Gasteiger partial charge on any atom is 0.389 e. The van der Waals surface area contributed by atoms with Gasteiger partial charge < -0.3 is 9.84 Å². The zero-order valence-electron chi connectivity index (χ0n) is 16.6. The highest BCUT2D eigenvalue weighted by Gasteiger charge is 2.52. The third-order valence-corrected chi connectivity index (χ3v) is 7.92. The fraction of sp³-hybridized carbons (Fsp3) is 0.429. The summed E-state index contributed by atoms with van der Waals surface area (Å²) in [5.41, 5.74) is 1.81. The van der Waals surface area contributed by atoms with Crippen molar-refractivity contribution in [2.75, 3.05) is 13.2 Å². The number of rotatable bonds is 7. The summed E-state index contributed by atoms with van der Waals surface area (Å²) in [6.45, 7) is 0.117. The highest BCUT2D eigenvalue weighted by molar-refractivity contribution is 7.93. The molecule has 0 bridgehead atoms. The molecular weight excluding hydrogens is 435 g/mol. The van der Waals surface area contributed by atoms with Crippen molar-refractivity contribution >= 4 is 15.8 Å². The Kier molecular flexibility index (Phi) is 6.70. The first-order chi connectivity index (χ1) is 14.6. The Morgan fingerprint density at radius 3 is 2.26 bits per heavy atom. The molecule has 0 atom stereocenters. The molecule has 2 aromatic rings. The molecule has 168 valence electrons. The van der Waals surface area contributed by atoms with Crippen molar-refractivity contribution in [1.82, 2.24) is 4.98 Å². The predicted octanol–water partition coefficient (Wildman–Crippen LogP) is 4.04. The largest absolute Gasteiger partial charge is 0.480 e. The van der Waals surface area contributed by atoms with Crippen molar-refractivity contribution < 1.29 is 36.2 Å². The second-order valence-electron chi connectivity index (χ2n) is 7.46. The minimum Gasteiger partial charge on any atom is -0.480 e. The molecule has 0 saturated carbocycles. The van der Waals surface area contributed by atoms with Gasteiger partial charge in [0.25, 0.3) is 0 Å². The van der Waals surface area contributed by atoms with Gasteiger partial charge in [-0.2, -0.15) is 13.2 Å². The van der Waals surface area contributed by atoms with Crippen molar-refractivity contribution in [3.63, 3.8) is 0 Å². The van der Waals surface area contributed by atoms with Crippen LogP contribution in [0.2, 0.25) is 0 Å². The van der Waals surface area contributed by atoms with Crippen LogP contribution in [-0.4, -0.2) is 48.6 Å². The number of nitrogens with zero attached hydrogens (tertiary/aromatic N) is 1. The average Bonchev–Trinajstić information content (AvgIpc) is 2.74. The number of ether oxygens (including phenoxy) is 1. The van der Waals surface area contributed by atoms with E-state index in [4.69, 9.17) is 4.74 Å². The predicted molar refractivity (Wildman–Crippen MR) is 106 cm³/mol. The van der Waals surface area contributed by atoms with Crippen LogP contribution in [0.5, 0.6) is 0 Å².